The largest absolute Gasteiger partial charge is 0.302 e. The Morgan fingerprint density at radius 2 is 2.05 bits per heavy atom. The number of amides is 1. The van der Waals surface area contributed by atoms with Gasteiger partial charge >= 0.3 is 0 Å². The summed E-state index contributed by atoms with van der Waals surface area (Å²) in [6, 6.07) is 0. The van der Waals surface area contributed by atoms with Gasteiger partial charge in [0.05, 0.1) is 5.75 Å². The van der Waals surface area contributed by atoms with E-state index in [4.69, 9.17) is 11.8 Å². The lowest BCUT2D eigenvalue weighted by Crippen LogP contribution is -2.16. The van der Waals surface area contributed by atoms with Crippen LogP contribution in [0.15, 0.2) is 0 Å². The van der Waals surface area contributed by atoms with Crippen LogP contribution in [0, 0.1) is 11.8 Å². The van der Waals surface area contributed by atoms with E-state index in [9.17, 15) is 4.79 Å². The third-order valence-electron chi connectivity index (χ3n) is 2.45. The van der Waals surface area contributed by atoms with Gasteiger partial charge in [-0.05, 0) is 19.8 Å². The molecular weight excluding hydrogens is 313 g/mol. The van der Waals surface area contributed by atoms with E-state index in [0.717, 1.165) is 31.4 Å². The van der Waals surface area contributed by atoms with Crippen LogP contribution in [0.5, 0.6) is 0 Å². The van der Waals surface area contributed by atoms with Gasteiger partial charge in [0.1, 0.15) is 4.59 Å². The first-order valence-corrected chi connectivity index (χ1v) is 12.5. The van der Waals surface area contributed by atoms with E-state index in [1.165, 1.54) is 0 Å². The highest BCUT2D eigenvalue weighted by atomic mass is 33.2. The standard InChI is InChI=1S/C13H24NOPS3/c1-5-8-9-10-11-18-16(17,14(7-3)12-15)19-13(4)6-2/h12-13H,5-8,11H2,1-4H3. The third kappa shape index (κ3) is 7.66. The van der Waals surface area contributed by atoms with Crippen molar-refractivity contribution in [2.24, 2.45) is 0 Å². The second-order valence-electron chi connectivity index (χ2n) is 4.03. The fourth-order valence-corrected chi connectivity index (χ4v) is 11.9. The molecule has 1 amide bonds. The lowest BCUT2D eigenvalue weighted by molar-refractivity contribution is -0.113. The minimum Gasteiger partial charge on any atom is -0.302 e. The second kappa shape index (κ2) is 11.1. The van der Waals surface area contributed by atoms with Gasteiger partial charge in [-0.2, -0.15) is 0 Å². The summed E-state index contributed by atoms with van der Waals surface area (Å²) in [5.41, 5.74) is 0. The normalized spacial score (nSPS) is 14.9. The SMILES string of the molecule is CCCC#CCSP(=S)(SC(C)CC)N(C=O)CC. The molecule has 0 aromatic heterocycles. The molecule has 0 bridgehead atoms. The van der Waals surface area contributed by atoms with E-state index in [1.54, 1.807) is 27.4 Å². The molecule has 2 nitrogen and oxygen atoms in total. The second-order valence-corrected chi connectivity index (χ2v) is 15.3. The first-order chi connectivity index (χ1) is 9.03. The monoisotopic (exact) mass is 337 g/mol. The summed E-state index contributed by atoms with van der Waals surface area (Å²) >= 11 is 9.28. The maximum absolute atomic E-state index is 11.2. The summed E-state index contributed by atoms with van der Waals surface area (Å²) < 4.78 is -0.124. The topological polar surface area (TPSA) is 20.3 Å². The van der Waals surface area contributed by atoms with Gasteiger partial charge < -0.3 is 4.67 Å². The summed E-state index contributed by atoms with van der Waals surface area (Å²) in [5, 5.41) is 0.482. The summed E-state index contributed by atoms with van der Waals surface area (Å²) in [6.07, 6.45) is 4.00. The predicted molar refractivity (Wildman–Crippen MR) is 95.2 cm³/mol. The van der Waals surface area contributed by atoms with Gasteiger partial charge in [-0.3, -0.25) is 4.79 Å². The van der Waals surface area contributed by atoms with Crippen molar-refractivity contribution in [2.45, 2.75) is 52.2 Å². The molecule has 0 radical (unpaired) electrons. The summed E-state index contributed by atoms with van der Waals surface area (Å²) in [6.45, 7) is 9.11. The first-order valence-electron chi connectivity index (χ1n) is 6.65. The maximum atomic E-state index is 11.2. The molecule has 19 heavy (non-hydrogen) atoms. The maximum Gasteiger partial charge on any atom is 0.214 e. The lowest BCUT2D eigenvalue weighted by atomic mass is 10.3. The molecule has 6 heteroatoms. The van der Waals surface area contributed by atoms with Crippen LogP contribution < -0.4 is 0 Å². The lowest BCUT2D eigenvalue weighted by Gasteiger charge is -2.31. The van der Waals surface area contributed by atoms with E-state index >= 15 is 0 Å². The van der Waals surface area contributed by atoms with Gasteiger partial charge in [0.25, 0.3) is 0 Å². The van der Waals surface area contributed by atoms with E-state index in [2.05, 4.69) is 32.6 Å². The van der Waals surface area contributed by atoms with Crippen molar-refractivity contribution in [3.63, 3.8) is 0 Å². The molecule has 0 aliphatic rings. The Kier molecular flexibility index (Phi) is 11.3. The molecule has 0 aromatic carbocycles. The Morgan fingerprint density at radius 1 is 1.37 bits per heavy atom. The van der Waals surface area contributed by atoms with Crippen molar-refractivity contribution < 1.29 is 4.79 Å². The van der Waals surface area contributed by atoms with E-state index in [-0.39, 0.29) is 0 Å². The Hall–Kier alpha value is 0.380. The van der Waals surface area contributed by atoms with Crippen molar-refractivity contribution in [1.29, 1.82) is 0 Å². The number of rotatable bonds is 9. The zero-order valence-corrected chi connectivity index (χ0v) is 15.6. The average Bonchev–Trinajstić information content (AvgIpc) is 2.39. The molecule has 0 spiro atoms. The third-order valence-corrected chi connectivity index (χ3v) is 13.6. The highest BCUT2D eigenvalue weighted by molar-refractivity contribution is 9.00. The highest BCUT2D eigenvalue weighted by Crippen LogP contribution is 2.72. The van der Waals surface area contributed by atoms with Crippen LogP contribution in [-0.4, -0.2) is 28.6 Å². The molecule has 0 rings (SSSR count). The van der Waals surface area contributed by atoms with Crippen LogP contribution >= 0.6 is 27.4 Å². The zero-order chi connectivity index (χ0) is 14.7. The number of carbonyl (C=O) groups excluding carboxylic acids is 1. The molecule has 2 atom stereocenters. The van der Waals surface area contributed by atoms with Crippen molar-refractivity contribution in [3.8, 4) is 11.8 Å². The van der Waals surface area contributed by atoms with Crippen molar-refractivity contribution >= 4 is 45.6 Å². The minimum absolute atomic E-state index is 0.482. The number of hydrogen-bond donors (Lipinski definition) is 0. The van der Waals surface area contributed by atoms with E-state index in [1.807, 2.05) is 6.92 Å². The number of carbonyl (C=O) groups is 1. The van der Waals surface area contributed by atoms with Gasteiger partial charge in [-0.25, -0.2) is 0 Å². The van der Waals surface area contributed by atoms with Gasteiger partial charge in [0.2, 0.25) is 6.41 Å². The van der Waals surface area contributed by atoms with Gasteiger partial charge in [0.15, 0.2) is 0 Å². The fraction of sp³-hybridized carbons (Fsp3) is 0.769. The Balaban J connectivity index is 4.72. The van der Waals surface area contributed by atoms with Crippen molar-refractivity contribution in [1.82, 2.24) is 4.67 Å². The Bertz CT molecular complexity index is 365. The molecule has 110 valence electrons. The molecular formula is C13H24NOPS3. The Labute approximate surface area is 131 Å². The van der Waals surface area contributed by atoms with E-state index < -0.39 is 4.59 Å². The number of nitrogens with zero attached hydrogens (tertiary/aromatic N) is 1. The molecule has 0 saturated carbocycles. The molecule has 0 N–H and O–H groups in total. The fourth-order valence-electron chi connectivity index (χ4n) is 1.15. The quantitative estimate of drug-likeness (QED) is 0.343. The van der Waals surface area contributed by atoms with Crippen LogP contribution in [-0.2, 0) is 16.6 Å². The van der Waals surface area contributed by atoms with Crippen molar-refractivity contribution in [3.05, 3.63) is 0 Å². The van der Waals surface area contributed by atoms with Crippen LogP contribution in [0.1, 0.15) is 47.0 Å². The van der Waals surface area contributed by atoms with Gasteiger partial charge in [0, 0.05) is 18.2 Å². The first kappa shape index (κ1) is 19.4. The molecule has 2 unspecified atom stereocenters. The highest BCUT2D eigenvalue weighted by Gasteiger charge is 2.26. The van der Waals surface area contributed by atoms with Crippen molar-refractivity contribution in [2.75, 3.05) is 12.3 Å². The van der Waals surface area contributed by atoms with E-state index in [0.29, 0.717) is 11.8 Å². The minimum atomic E-state index is -1.92. The molecule has 0 aromatic rings. The van der Waals surface area contributed by atoms with Crippen LogP contribution in [0.3, 0.4) is 0 Å². The average molecular weight is 338 g/mol. The van der Waals surface area contributed by atoms with Crippen LogP contribution in [0.2, 0.25) is 0 Å². The smallest absolute Gasteiger partial charge is 0.214 e. The van der Waals surface area contributed by atoms with Crippen LogP contribution in [0.25, 0.3) is 0 Å². The summed E-state index contributed by atoms with van der Waals surface area (Å²) in [7, 11) is 0. The summed E-state index contributed by atoms with van der Waals surface area (Å²) in [5.74, 6) is 7.02. The molecule has 0 heterocycles. The predicted octanol–water partition coefficient (Wildman–Crippen LogP) is 4.76. The van der Waals surface area contributed by atoms with Crippen LogP contribution in [0.4, 0.5) is 0 Å². The van der Waals surface area contributed by atoms with Gasteiger partial charge in [-0.1, -0.05) is 61.3 Å². The number of unbranched alkanes of at least 4 members (excludes halogenated alkanes) is 1. The molecule has 0 aliphatic heterocycles. The molecule has 0 aliphatic carbocycles. The summed E-state index contributed by atoms with van der Waals surface area (Å²) in [4.78, 5) is 11.2. The number of hydrogen-bond acceptors (Lipinski definition) is 4. The van der Waals surface area contributed by atoms with Gasteiger partial charge in [-0.15, -0.1) is 5.92 Å². The molecule has 0 saturated heterocycles. The molecule has 0 fully saturated rings. The zero-order valence-electron chi connectivity index (χ0n) is 12.2. The Morgan fingerprint density at radius 3 is 2.53 bits per heavy atom.